The molecule has 0 saturated carbocycles. The van der Waals surface area contributed by atoms with Gasteiger partial charge in [0.2, 0.25) is 0 Å². The molecule has 2 amide bonds. The molecule has 0 aliphatic rings. The molecule has 0 bridgehead atoms. The van der Waals surface area contributed by atoms with Gasteiger partial charge in [-0.25, -0.2) is 4.98 Å². The highest BCUT2D eigenvalue weighted by Crippen LogP contribution is 2.17. The van der Waals surface area contributed by atoms with E-state index in [2.05, 4.69) is 20.5 Å². The Labute approximate surface area is 120 Å². The van der Waals surface area contributed by atoms with Crippen LogP contribution in [-0.4, -0.2) is 33.6 Å². The van der Waals surface area contributed by atoms with Gasteiger partial charge >= 0.3 is 0 Å². The summed E-state index contributed by atoms with van der Waals surface area (Å²) in [6.45, 7) is 1.53. The molecular weight excluding hydrogens is 274 g/mol. The molecule has 0 spiro atoms. The van der Waals surface area contributed by atoms with E-state index in [1.807, 2.05) is 0 Å². The summed E-state index contributed by atoms with van der Waals surface area (Å²) in [7, 11) is 0. The van der Waals surface area contributed by atoms with Crippen molar-refractivity contribution < 1.29 is 14.3 Å². The van der Waals surface area contributed by atoms with Crippen molar-refractivity contribution in [3.63, 3.8) is 0 Å². The lowest BCUT2D eigenvalue weighted by Crippen LogP contribution is -2.32. The number of primary amides is 1. The van der Waals surface area contributed by atoms with Gasteiger partial charge in [0.25, 0.3) is 11.8 Å². The minimum absolute atomic E-state index is 0.230. The van der Waals surface area contributed by atoms with Crippen molar-refractivity contribution in [3.05, 3.63) is 42.0 Å². The van der Waals surface area contributed by atoms with Crippen LogP contribution in [0.1, 0.15) is 29.1 Å². The number of aromatic nitrogens is 3. The highest BCUT2D eigenvalue weighted by Gasteiger charge is 2.14. The molecule has 21 heavy (non-hydrogen) atoms. The molecule has 0 aliphatic heterocycles. The number of nitrogens with one attached hydrogen (secondary N) is 2. The Morgan fingerprint density at radius 1 is 1.43 bits per heavy atom. The lowest BCUT2D eigenvalue weighted by Gasteiger charge is -2.12. The second kappa shape index (κ2) is 6.51. The Morgan fingerprint density at radius 2 is 2.19 bits per heavy atom. The van der Waals surface area contributed by atoms with Crippen LogP contribution >= 0.6 is 0 Å². The maximum Gasteiger partial charge on any atom is 0.258 e. The Balaban J connectivity index is 1.91. The van der Waals surface area contributed by atoms with Crippen molar-refractivity contribution >= 4 is 11.8 Å². The summed E-state index contributed by atoms with van der Waals surface area (Å²) in [5, 5.41) is 9.05. The zero-order valence-corrected chi connectivity index (χ0v) is 11.4. The second-order valence-corrected chi connectivity index (χ2v) is 4.31. The Morgan fingerprint density at radius 3 is 2.86 bits per heavy atom. The number of hydrogen-bond acceptors (Lipinski definition) is 5. The quantitative estimate of drug-likeness (QED) is 0.699. The van der Waals surface area contributed by atoms with E-state index in [4.69, 9.17) is 10.5 Å². The third kappa shape index (κ3) is 3.78. The lowest BCUT2D eigenvalue weighted by atomic mass is 10.2. The molecular formula is C13H15N5O3. The number of benzene rings is 1. The SMILES string of the molecule is CC(NC(=O)COc1ccccc1C(N)=O)c1ncn[nH]1. The van der Waals surface area contributed by atoms with Gasteiger partial charge in [0, 0.05) is 0 Å². The Kier molecular flexibility index (Phi) is 4.50. The van der Waals surface area contributed by atoms with Crippen molar-refractivity contribution in [2.45, 2.75) is 13.0 Å². The highest BCUT2D eigenvalue weighted by atomic mass is 16.5. The number of nitrogens with two attached hydrogens (primary N) is 1. The zero-order valence-electron chi connectivity index (χ0n) is 11.4. The topological polar surface area (TPSA) is 123 Å². The number of carbonyl (C=O) groups excluding carboxylic acids is 2. The molecule has 2 aromatic rings. The van der Waals surface area contributed by atoms with Gasteiger partial charge < -0.3 is 15.8 Å². The summed E-state index contributed by atoms with van der Waals surface area (Å²) >= 11 is 0. The van der Waals surface area contributed by atoms with Crippen LogP contribution in [0.3, 0.4) is 0 Å². The average Bonchev–Trinajstić information content (AvgIpc) is 2.99. The predicted molar refractivity (Wildman–Crippen MR) is 73.4 cm³/mol. The number of amides is 2. The van der Waals surface area contributed by atoms with Crippen LogP contribution in [0.25, 0.3) is 0 Å². The minimum atomic E-state index is -0.610. The van der Waals surface area contributed by atoms with Crippen molar-refractivity contribution in [1.29, 1.82) is 0 Å². The second-order valence-electron chi connectivity index (χ2n) is 4.31. The van der Waals surface area contributed by atoms with E-state index in [9.17, 15) is 9.59 Å². The third-order valence-electron chi connectivity index (χ3n) is 2.73. The lowest BCUT2D eigenvalue weighted by molar-refractivity contribution is -0.123. The van der Waals surface area contributed by atoms with Crippen LogP contribution in [0.5, 0.6) is 5.75 Å². The van der Waals surface area contributed by atoms with E-state index in [-0.39, 0.29) is 29.9 Å². The van der Waals surface area contributed by atoms with E-state index in [1.54, 1.807) is 25.1 Å². The first-order valence-corrected chi connectivity index (χ1v) is 6.24. The van der Waals surface area contributed by atoms with Gasteiger partial charge in [0.1, 0.15) is 17.9 Å². The monoisotopic (exact) mass is 289 g/mol. The van der Waals surface area contributed by atoms with E-state index >= 15 is 0 Å². The van der Waals surface area contributed by atoms with Crippen molar-refractivity contribution in [2.24, 2.45) is 5.73 Å². The number of H-pyrrole nitrogens is 1. The maximum absolute atomic E-state index is 11.8. The fraction of sp³-hybridized carbons (Fsp3) is 0.231. The summed E-state index contributed by atoms with van der Waals surface area (Å²) in [4.78, 5) is 27.0. The van der Waals surface area contributed by atoms with Gasteiger partial charge in [0.15, 0.2) is 6.61 Å². The van der Waals surface area contributed by atoms with Crippen LogP contribution in [-0.2, 0) is 4.79 Å². The normalized spacial score (nSPS) is 11.7. The smallest absolute Gasteiger partial charge is 0.258 e. The first-order chi connectivity index (χ1) is 10.1. The van der Waals surface area contributed by atoms with E-state index in [0.717, 1.165) is 0 Å². The van der Waals surface area contributed by atoms with Crippen molar-refractivity contribution in [1.82, 2.24) is 20.5 Å². The predicted octanol–water partition coefficient (Wildman–Crippen LogP) is 0.160. The Hall–Kier alpha value is -2.90. The number of rotatable bonds is 6. The molecule has 8 heteroatoms. The molecule has 1 unspecified atom stereocenters. The first kappa shape index (κ1) is 14.5. The number of nitrogens with zero attached hydrogens (tertiary/aromatic N) is 2. The molecule has 1 atom stereocenters. The summed E-state index contributed by atoms with van der Waals surface area (Å²) in [5.41, 5.74) is 5.46. The molecule has 0 saturated heterocycles. The fourth-order valence-corrected chi connectivity index (χ4v) is 1.71. The van der Waals surface area contributed by atoms with Crippen molar-refractivity contribution in [2.75, 3.05) is 6.61 Å². The molecule has 110 valence electrons. The molecule has 1 heterocycles. The number of hydrogen-bond donors (Lipinski definition) is 3. The van der Waals surface area contributed by atoms with Gasteiger partial charge in [-0.1, -0.05) is 12.1 Å². The van der Waals surface area contributed by atoms with Gasteiger partial charge in [-0.3, -0.25) is 14.7 Å². The molecule has 0 fully saturated rings. The number of carbonyl (C=O) groups is 2. The van der Waals surface area contributed by atoms with E-state index in [0.29, 0.717) is 5.82 Å². The van der Waals surface area contributed by atoms with Gasteiger partial charge in [-0.2, -0.15) is 5.10 Å². The van der Waals surface area contributed by atoms with Gasteiger partial charge in [-0.15, -0.1) is 0 Å². The number of ether oxygens (including phenoxy) is 1. The standard InChI is InChI=1S/C13H15N5O3/c1-8(13-15-7-16-18-13)17-11(19)6-21-10-5-3-2-4-9(10)12(14)20/h2-5,7-8H,6H2,1H3,(H2,14,20)(H,17,19)(H,15,16,18). The number of aromatic amines is 1. The summed E-state index contributed by atoms with van der Waals surface area (Å²) in [6, 6.07) is 6.14. The van der Waals surface area contributed by atoms with Crippen LogP contribution in [0.2, 0.25) is 0 Å². The largest absolute Gasteiger partial charge is 0.483 e. The summed E-state index contributed by atoms with van der Waals surface area (Å²) in [5.74, 6) is -0.146. The summed E-state index contributed by atoms with van der Waals surface area (Å²) < 4.78 is 5.32. The molecule has 4 N–H and O–H groups in total. The molecule has 2 rings (SSSR count). The molecule has 0 radical (unpaired) electrons. The van der Waals surface area contributed by atoms with Crippen LogP contribution in [0.15, 0.2) is 30.6 Å². The van der Waals surface area contributed by atoms with Crippen LogP contribution < -0.4 is 15.8 Å². The first-order valence-electron chi connectivity index (χ1n) is 6.24. The van der Waals surface area contributed by atoms with E-state index in [1.165, 1.54) is 12.4 Å². The molecule has 1 aromatic carbocycles. The van der Waals surface area contributed by atoms with Crippen LogP contribution in [0.4, 0.5) is 0 Å². The maximum atomic E-state index is 11.8. The molecule has 1 aromatic heterocycles. The minimum Gasteiger partial charge on any atom is -0.483 e. The van der Waals surface area contributed by atoms with Crippen LogP contribution in [0, 0.1) is 0 Å². The van der Waals surface area contributed by atoms with Gasteiger partial charge in [0.05, 0.1) is 11.6 Å². The highest BCUT2D eigenvalue weighted by molar-refractivity contribution is 5.95. The van der Waals surface area contributed by atoms with Crippen molar-refractivity contribution in [3.8, 4) is 5.75 Å². The van der Waals surface area contributed by atoms with Gasteiger partial charge in [-0.05, 0) is 19.1 Å². The molecule has 8 nitrogen and oxygen atoms in total. The third-order valence-corrected chi connectivity index (χ3v) is 2.73. The average molecular weight is 289 g/mol. The van der Waals surface area contributed by atoms with E-state index < -0.39 is 5.91 Å². The fourth-order valence-electron chi connectivity index (χ4n) is 1.71. The summed E-state index contributed by atoms with van der Waals surface area (Å²) in [6.07, 6.45) is 1.36. The molecule has 0 aliphatic carbocycles. The zero-order chi connectivity index (χ0) is 15.2. The number of para-hydroxylation sites is 1. The Bertz CT molecular complexity index is 626.